The third-order valence-electron chi connectivity index (χ3n) is 3.21. The maximum Gasteiger partial charge on any atom is 0.251 e. The molecular formula is C17H16Cl2N2O3. The van der Waals surface area contributed by atoms with Gasteiger partial charge in [-0.15, -0.1) is 0 Å². The van der Waals surface area contributed by atoms with Crippen LogP contribution in [-0.2, 0) is 0 Å². The fraction of sp³-hybridized carbons (Fsp3) is 0.176. The Bertz CT molecular complexity index is 750. The number of amides is 2. The van der Waals surface area contributed by atoms with Crippen molar-refractivity contribution in [1.29, 1.82) is 0 Å². The first-order chi connectivity index (χ1) is 11.5. The van der Waals surface area contributed by atoms with Crippen molar-refractivity contribution < 1.29 is 14.3 Å². The molecule has 0 spiro atoms. The maximum absolute atomic E-state index is 12.0. The van der Waals surface area contributed by atoms with E-state index in [0.29, 0.717) is 33.5 Å². The summed E-state index contributed by atoms with van der Waals surface area (Å²) in [6, 6.07) is 11.5. The highest BCUT2D eigenvalue weighted by atomic mass is 35.5. The van der Waals surface area contributed by atoms with Gasteiger partial charge in [0.15, 0.2) is 0 Å². The molecule has 2 N–H and O–H groups in total. The van der Waals surface area contributed by atoms with Crippen LogP contribution < -0.4 is 15.4 Å². The molecule has 0 aliphatic rings. The van der Waals surface area contributed by atoms with Gasteiger partial charge in [0, 0.05) is 24.2 Å². The Hall–Kier alpha value is -2.24. The first-order valence-electron chi connectivity index (χ1n) is 7.17. The Balaban J connectivity index is 1.80. The van der Waals surface area contributed by atoms with Crippen LogP contribution in [0.15, 0.2) is 42.5 Å². The van der Waals surface area contributed by atoms with Crippen LogP contribution in [0.25, 0.3) is 0 Å². The van der Waals surface area contributed by atoms with Crippen molar-refractivity contribution in [1.82, 2.24) is 10.6 Å². The molecule has 0 bridgehead atoms. The van der Waals surface area contributed by atoms with E-state index in [1.54, 1.807) is 36.4 Å². The van der Waals surface area contributed by atoms with Crippen molar-refractivity contribution in [3.05, 3.63) is 63.6 Å². The van der Waals surface area contributed by atoms with Crippen molar-refractivity contribution >= 4 is 35.0 Å². The molecule has 7 heteroatoms. The molecule has 0 aliphatic heterocycles. The number of nitrogens with one attached hydrogen (secondary N) is 2. The van der Waals surface area contributed by atoms with Crippen LogP contribution in [0, 0.1) is 0 Å². The Kier molecular flexibility index (Phi) is 6.46. The average molecular weight is 367 g/mol. The third kappa shape index (κ3) is 4.88. The molecule has 0 unspecified atom stereocenters. The van der Waals surface area contributed by atoms with Gasteiger partial charge in [0.25, 0.3) is 11.8 Å². The lowest BCUT2D eigenvalue weighted by atomic mass is 10.2. The number of methoxy groups -OCH3 is 1. The molecule has 0 fully saturated rings. The van der Waals surface area contributed by atoms with Crippen LogP contribution in [0.4, 0.5) is 0 Å². The summed E-state index contributed by atoms with van der Waals surface area (Å²) in [6.45, 7) is 0.581. The minimum atomic E-state index is -0.288. The van der Waals surface area contributed by atoms with Crippen LogP contribution in [0.2, 0.25) is 10.0 Å². The van der Waals surface area contributed by atoms with E-state index >= 15 is 0 Å². The topological polar surface area (TPSA) is 67.4 Å². The fourth-order valence-electron chi connectivity index (χ4n) is 1.96. The zero-order valence-electron chi connectivity index (χ0n) is 12.9. The van der Waals surface area contributed by atoms with E-state index in [2.05, 4.69) is 10.6 Å². The molecule has 5 nitrogen and oxygen atoms in total. The number of carbonyl (C=O) groups excluding carboxylic acids is 2. The number of hydrogen-bond donors (Lipinski definition) is 2. The summed E-state index contributed by atoms with van der Waals surface area (Å²) in [5, 5.41) is 6.12. The van der Waals surface area contributed by atoms with Crippen LogP contribution in [-0.4, -0.2) is 32.0 Å². The number of benzene rings is 2. The van der Waals surface area contributed by atoms with Crippen LogP contribution in [0.5, 0.6) is 5.75 Å². The fourth-order valence-corrected chi connectivity index (χ4v) is 2.26. The minimum absolute atomic E-state index is 0.238. The molecule has 0 aliphatic carbocycles. The van der Waals surface area contributed by atoms with Gasteiger partial charge < -0.3 is 15.4 Å². The number of ether oxygens (including phenoxy) is 1. The van der Waals surface area contributed by atoms with Gasteiger partial charge in [-0.1, -0.05) is 29.3 Å². The Labute approximate surface area is 149 Å². The van der Waals surface area contributed by atoms with E-state index in [4.69, 9.17) is 27.9 Å². The molecule has 0 saturated carbocycles. The molecule has 0 heterocycles. The molecule has 2 amide bonds. The second-order valence-corrected chi connectivity index (χ2v) is 5.69. The van der Waals surface area contributed by atoms with Crippen molar-refractivity contribution in [2.45, 2.75) is 0 Å². The second-order valence-electron chi connectivity index (χ2n) is 4.87. The highest BCUT2D eigenvalue weighted by molar-refractivity contribution is 6.42. The molecule has 0 saturated heterocycles. The molecule has 2 aromatic carbocycles. The highest BCUT2D eigenvalue weighted by Crippen LogP contribution is 2.22. The summed E-state index contributed by atoms with van der Waals surface area (Å²) in [5.74, 6) is 0.0810. The standard InChI is InChI=1S/C17H16Cl2N2O3/c1-24-13-4-2-3-11(9-13)16(22)20-7-8-21-17(23)12-5-6-14(18)15(19)10-12/h2-6,9-10H,7-8H2,1H3,(H,20,22)(H,21,23). The largest absolute Gasteiger partial charge is 0.497 e. The quantitative estimate of drug-likeness (QED) is 0.771. The predicted octanol–water partition coefficient (Wildman–Crippen LogP) is 3.16. The summed E-state index contributed by atoms with van der Waals surface area (Å²) >= 11 is 11.7. The molecular weight excluding hydrogens is 351 g/mol. The zero-order valence-corrected chi connectivity index (χ0v) is 14.4. The lowest BCUT2D eigenvalue weighted by molar-refractivity contribution is 0.0927. The SMILES string of the molecule is COc1cccc(C(=O)NCCNC(=O)c2ccc(Cl)c(Cl)c2)c1. The smallest absolute Gasteiger partial charge is 0.251 e. The van der Waals surface area contributed by atoms with Gasteiger partial charge in [0.2, 0.25) is 0 Å². The Morgan fingerprint density at radius 2 is 1.54 bits per heavy atom. The van der Waals surface area contributed by atoms with Gasteiger partial charge in [-0.2, -0.15) is 0 Å². The Morgan fingerprint density at radius 3 is 2.12 bits per heavy atom. The number of hydrogen-bond acceptors (Lipinski definition) is 3. The van der Waals surface area contributed by atoms with E-state index in [1.807, 2.05) is 0 Å². The van der Waals surface area contributed by atoms with E-state index in [0.717, 1.165) is 0 Å². The molecule has 0 atom stereocenters. The van der Waals surface area contributed by atoms with Crippen LogP contribution in [0.3, 0.4) is 0 Å². The van der Waals surface area contributed by atoms with Gasteiger partial charge >= 0.3 is 0 Å². The van der Waals surface area contributed by atoms with Gasteiger partial charge in [0.05, 0.1) is 17.2 Å². The summed E-state index contributed by atoms with van der Waals surface area (Å²) in [4.78, 5) is 24.0. The number of carbonyl (C=O) groups is 2. The maximum atomic E-state index is 12.0. The molecule has 0 radical (unpaired) electrons. The first kappa shape index (κ1) is 18.1. The van der Waals surface area contributed by atoms with E-state index in [9.17, 15) is 9.59 Å². The average Bonchev–Trinajstić information content (AvgIpc) is 2.60. The van der Waals surface area contributed by atoms with Gasteiger partial charge in [-0.25, -0.2) is 0 Å². The monoisotopic (exact) mass is 366 g/mol. The van der Waals surface area contributed by atoms with E-state index < -0.39 is 0 Å². The number of rotatable bonds is 6. The predicted molar refractivity (Wildman–Crippen MR) is 94.1 cm³/mol. The summed E-state index contributed by atoms with van der Waals surface area (Å²) in [6.07, 6.45) is 0. The van der Waals surface area contributed by atoms with Gasteiger partial charge in [-0.3, -0.25) is 9.59 Å². The molecule has 24 heavy (non-hydrogen) atoms. The van der Waals surface area contributed by atoms with Crippen LogP contribution >= 0.6 is 23.2 Å². The molecule has 2 aromatic rings. The number of halogens is 2. The summed E-state index contributed by atoms with van der Waals surface area (Å²) < 4.78 is 5.07. The summed E-state index contributed by atoms with van der Waals surface area (Å²) in [5.41, 5.74) is 0.897. The third-order valence-corrected chi connectivity index (χ3v) is 3.95. The van der Waals surface area contributed by atoms with Gasteiger partial charge in [0.1, 0.15) is 5.75 Å². The molecule has 126 valence electrons. The molecule has 2 rings (SSSR count). The van der Waals surface area contributed by atoms with Crippen LogP contribution in [0.1, 0.15) is 20.7 Å². The lowest BCUT2D eigenvalue weighted by Crippen LogP contribution is -2.34. The van der Waals surface area contributed by atoms with Crippen molar-refractivity contribution in [3.63, 3.8) is 0 Å². The van der Waals surface area contributed by atoms with E-state index in [-0.39, 0.29) is 18.4 Å². The highest BCUT2D eigenvalue weighted by Gasteiger charge is 2.09. The Morgan fingerprint density at radius 1 is 0.917 bits per heavy atom. The lowest BCUT2D eigenvalue weighted by Gasteiger charge is -2.08. The zero-order chi connectivity index (χ0) is 17.5. The summed E-state index contributed by atoms with van der Waals surface area (Å²) in [7, 11) is 1.54. The van der Waals surface area contributed by atoms with Crippen molar-refractivity contribution in [2.24, 2.45) is 0 Å². The second kappa shape index (κ2) is 8.57. The van der Waals surface area contributed by atoms with E-state index in [1.165, 1.54) is 13.2 Å². The van der Waals surface area contributed by atoms with Crippen molar-refractivity contribution in [2.75, 3.05) is 20.2 Å². The normalized spacial score (nSPS) is 10.1. The first-order valence-corrected chi connectivity index (χ1v) is 7.92. The van der Waals surface area contributed by atoms with Crippen molar-refractivity contribution in [3.8, 4) is 5.75 Å². The van der Waals surface area contributed by atoms with Gasteiger partial charge in [-0.05, 0) is 36.4 Å². The molecule has 0 aromatic heterocycles. The minimum Gasteiger partial charge on any atom is -0.497 e.